The summed E-state index contributed by atoms with van der Waals surface area (Å²) < 4.78 is 0. The van der Waals surface area contributed by atoms with Gasteiger partial charge in [-0.1, -0.05) is 6.07 Å². The quantitative estimate of drug-likeness (QED) is 0.735. The molecule has 1 aliphatic carbocycles. The van der Waals surface area contributed by atoms with Crippen LogP contribution in [0.5, 0.6) is 0 Å². The van der Waals surface area contributed by atoms with Gasteiger partial charge in [-0.3, -0.25) is 0 Å². The van der Waals surface area contributed by atoms with Crippen molar-refractivity contribution in [3.8, 4) is 0 Å². The van der Waals surface area contributed by atoms with Crippen molar-refractivity contribution in [2.24, 2.45) is 0 Å². The number of hydrogen-bond donors (Lipinski definition) is 2. The Morgan fingerprint density at radius 2 is 2.31 bits per heavy atom. The number of nitrogens with one attached hydrogen (secondary N) is 1. The number of hydrogen-bond acceptors (Lipinski definition) is 3. The molecule has 3 nitrogen and oxygen atoms in total. The van der Waals surface area contributed by atoms with Crippen LogP contribution in [0.3, 0.4) is 0 Å². The molecule has 0 aliphatic heterocycles. The summed E-state index contributed by atoms with van der Waals surface area (Å²) in [6.45, 7) is 0.198. The van der Waals surface area contributed by atoms with Crippen LogP contribution in [0.2, 0.25) is 0 Å². The molecule has 0 unspecified atom stereocenters. The molecule has 0 spiro atoms. The van der Waals surface area contributed by atoms with Gasteiger partial charge in [0.05, 0.1) is 12.1 Å². The van der Waals surface area contributed by atoms with E-state index < -0.39 is 0 Å². The van der Waals surface area contributed by atoms with Crippen molar-refractivity contribution in [2.75, 3.05) is 11.9 Å². The minimum atomic E-state index is -0.0889. The molecule has 0 bridgehead atoms. The van der Waals surface area contributed by atoms with Crippen molar-refractivity contribution < 1.29 is 5.11 Å². The Bertz CT molecular complexity index is 264. The van der Waals surface area contributed by atoms with E-state index in [-0.39, 0.29) is 12.1 Å². The Labute approximate surface area is 77.8 Å². The predicted molar refractivity (Wildman–Crippen MR) is 51.5 cm³/mol. The molecule has 1 saturated carbocycles. The molecule has 2 N–H and O–H groups in total. The summed E-state index contributed by atoms with van der Waals surface area (Å²) in [5.41, 5.74) is -0.0889. The third-order valence-electron chi connectivity index (χ3n) is 2.67. The van der Waals surface area contributed by atoms with Gasteiger partial charge in [0.15, 0.2) is 0 Å². The number of rotatable bonds is 3. The third-order valence-corrected chi connectivity index (χ3v) is 2.67. The van der Waals surface area contributed by atoms with E-state index in [2.05, 4.69) is 10.3 Å². The fraction of sp³-hybridized carbons (Fsp3) is 0.500. The van der Waals surface area contributed by atoms with Crippen LogP contribution >= 0.6 is 0 Å². The topological polar surface area (TPSA) is 45.1 Å². The Hall–Kier alpha value is -1.09. The first kappa shape index (κ1) is 8.51. The number of pyridine rings is 1. The maximum atomic E-state index is 9.21. The molecule has 0 radical (unpaired) electrons. The Balaban J connectivity index is 2.05. The number of aromatic nitrogens is 1. The monoisotopic (exact) mass is 178 g/mol. The first-order chi connectivity index (χ1) is 6.35. The van der Waals surface area contributed by atoms with Crippen LogP contribution in [0.4, 0.5) is 5.82 Å². The average molecular weight is 178 g/mol. The summed E-state index contributed by atoms with van der Waals surface area (Å²) in [6, 6.07) is 5.76. The van der Waals surface area contributed by atoms with Crippen LogP contribution in [-0.4, -0.2) is 22.2 Å². The number of aliphatic hydroxyl groups excluding tert-OH is 1. The molecule has 13 heavy (non-hydrogen) atoms. The number of anilines is 1. The fourth-order valence-electron chi connectivity index (χ4n) is 1.63. The van der Waals surface area contributed by atoms with Gasteiger partial charge in [-0.05, 0) is 31.4 Å². The van der Waals surface area contributed by atoms with Crippen molar-refractivity contribution in [1.29, 1.82) is 0 Å². The molecular formula is C10H14N2O. The van der Waals surface area contributed by atoms with E-state index >= 15 is 0 Å². The van der Waals surface area contributed by atoms with Crippen LogP contribution < -0.4 is 5.32 Å². The minimum absolute atomic E-state index is 0.0889. The highest BCUT2D eigenvalue weighted by atomic mass is 16.3. The van der Waals surface area contributed by atoms with E-state index in [0.717, 1.165) is 18.7 Å². The minimum Gasteiger partial charge on any atom is -0.394 e. The van der Waals surface area contributed by atoms with Crippen molar-refractivity contribution in [1.82, 2.24) is 4.98 Å². The van der Waals surface area contributed by atoms with Crippen LogP contribution in [0.25, 0.3) is 0 Å². The van der Waals surface area contributed by atoms with Gasteiger partial charge in [0, 0.05) is 6.20 Å². The fourth-order valence-corrected chi connectivity index (χ4v) is 1.63. The lowest BCUT2D eigenvalue weighted by molar-refractivity contribution is 0.144. The molecule has 1 fully saturated rings. The second-order valence-corrected chi connectivity index (χ2v) is 3.63. The zero-order valence-corrected chi connectivity index (χ0v) is 7.53. The summed E-state index contributed by atoms with van der Waals surface area (Å²) in [5, 5.41) is 12.5. The third kappa shape index (κ3) is 1.65. The zero-order chi connectivity index (χ0) is 9.15. The molecule has 1 aliphatic rings. The van der Waals surface area contributed by atoms with Gasteiger partial charge in [0.2, 0.25) is 0 Å². The molecule has 2 rings (SSSR count). The van der Waals surface area contributed by atoms with Crippen LogP contribution in [0, 0.1) is 0 Å². The highest BCUT2D eigenvalue weighted by Gasteiger charge is 2.36. The van der Waals surface area contributed by atoms with Gasteiger partial charge in [-0.15, -0.1) is 0 Å². The highest BCUT2D eigenvalue weighted by molar-refractivity contribution is 5.38. The average Bonchev–Trinajstić information content (AvgIpc) is 2.13. The van der Waals surface area contributed by atoms with Gasteiger partial charge >= 0.3 is 0 Å². The summed E-state index contributed by atoms with van der Waals surface area (Å²) in [6.07, 6.45) is 5.03. The summed E-state index contributed by atoms with van der Waals surface area (Å²) in [5.74, 6) is 0.858. The van der Waals surface area contributed by atoms with Crippen molar-refractivity contribution in [3.05, 3.63) is 24.4 Å². The van der Waals surface area contributed by atoms with Crippen molar-refractivity contribution in [3.63, 3.8) is 0 Å². The van der Waals surface area contributed by atoms with E-state index in [9.17, 15) is 5.11 Å². The molecule has 0 atom stereocenters. The molecule has 0 saturated heterocycles. The van der Waals surface area contributed by atoms with E-state index in [1.165, 1.54) is 6.42 Å². The van der Waals surface area contributed by atoms with E-state index in [4.69, 9.17) is 0 Å². The number of aliphatic hydroxyl groups is 1. The molecule has 1 aromatic heterocycles. The van der Waals surface area contributed by atoms with Gasteiger partial charge in [-0.2, -0.15) is 0 Å². The predicted octanol–water partition coefficient (Wildman–Crippen LogP) is 1.41. The second kappa shape index (κ2) is 3.34. The summed E-state index contributed by atoms with van der Waals surface area (Å²) in [4.78, 5) is 4.17. The first-order valence-electron chi connectivity index (χ1n) is 4.65. The Kier molecular flexibility index (Phi) is 2.19. The van der Waals surface area contributed by atoms with Crippen LogP contribution in [0.1, 0.15) is 19.3 Å². The van der Waals surface area contributed by atoms with Gasteiger partial charge in [0.25, 0.3) is 0 Å². The smallest absolute Gasteiger partial charge is 0.126 e. The van der Waals surface area contributed by atoms with Crippen molar-refractivity contribution in [2.45, 2.75) is 24.8 Å². The van der Waals surface area contributed by atoms with E-state index in [0.29, 0.717) is 0 Å². The SMILES string of the molecule is OCC1(Nc2ccccn2)CCC1. The lowest BCUT2D eigenvalue weighted by Crippen LogP contribution is -2.48. The second-order valence-electron chi connectivity index (χ2n) is 3.63. The molecule has 3 heteroatoms. The molecular weight excluding hydrogens is 164 g/mol. The molecule has 1 aromatic rings. The molecule has 1 heterocycles. The molecule has 70 valence electrons. The normalized spacial score (nSPS) is 19.2. The van der Waals surface area contributed by atoms with E-state index in [1.807, 2.05) is 18.2 Å². The van der Waals surface area contributed by atoms with Crippen LogP contribution in [-0.2, 0) is 0 Å². The molecule has 0 amide bonds. The van der Waals surface area contributed by atoms with E-state index in [1.54, 1.807) is 6.20 Å². The standard InChI is InChI=1S/C10H14N2O/c13-8-10(5-3-6-10)12-9-4-1-2-7-11-9/h1-2,4,7,13H,3,5-6,8H2,(H,11,12). The highest BCUT2D eigenvalue weighted by Crippen LogP contribution is 2.34. The van der Waals surface area contributed by atoms with Crippen molar-refractivity contribution >= 4 is 5.82 Å². The lowest BCUT2D eigenvalue weighted by atomic mass is 9.77. The largest absolute Gasteiger partial charge is 0.394 e. The van der Waals surface area contributed by atoms with Crippen LogP contribution in [0.15, 0.2) is 24.4 Å². The Morgan fingerprint density at radius 3 is 2.77 bits per heavy atom. The van der Waals surface area contributed by atoms with Gasteiger partial charge in [-0.25, -0.2) is 4.98 Å². The maximum Gasteiger partial charge on any atom is 0.126 e. The summed E-state index contributed by atoms with van der Waals surface area (Å²) in [7, 11) is 0. The van der Waals surface area contributed by atoms with Gasteiger partial charge in [0.1, 0.15) is 5.82 Å². The first-order valence-corrected chi connectivity index (χ1v) is 4.65. The number of nitrogens with zero attached hydrogens (tertiary/aromatic N) is 1. The molecule has 0 aromatic carbocycles. The lowest BCUT2D eigenvalue weighted by Gasteiger charge is -2.41. The summed E-state index contributed by atoms with van der Waals surface area (Å²) >= 11 is 0. The zero-order valence-electron chi connectivity index (χ0n) is 7.53. The Morgan fingerprint density at radius 1 is 1.46 bits per heavy atom. The van der Waals surface area contributed by atoms with Gasteiger partial charge < -0.3 is 10.4 Å². The maximum absolute atomic E-state index is 9.21.